The Morgan fingerprint density at radius 3 is 2.68 bits per heavy atom. The molecule has 4 heteroatoms. The summed E-state index contributed by atoms with van der Waals surface area (Å²) in [4.78, 5) is 4.17. The minimum Gasteiger partial charge on any atom is -0.385 e. The summed E-state index contributed by atoms with van der Waals surface area (Å²) in [5.41, 5.74) is 0.220. The van der Waals surface area contributed by atoms with Crippen LogP contribution in [0.2, 0.25) is 0 Å². The highest BCUT2D eigenvalue weighted by Gasteiger charge is 2.43. The van der Waals surface area contributed by atoms with E-state index in [1.54, 1.807) is 12.5 Å². The Morgan fingerprint density at radius 1 is 1.42 bits per heavy atom. The topological polar surface area (TPSA) is 61.8 Å². The highest BCUT2D eigenvalue weighted by molar-refractivity contribution is 5.17. The molecule has 0 aliphatic heterocycles. The van der Waals surface area contributed by atoms with E-state index in [0.29, 0.717) is 12.0 Å². The number of hydrogen-bond donors (Lipinski definition) is 1. The first-order chi connectivity index (χ1) is 9.16. The summed E-state index contributed by atoms with van der Waals surface area (Å²) < 4.78 is 2.07. The highest BCUT2D eigenvalue weighted by Crippen LogP contribution is 2.48. The second kappa shape index (κ2) is 4.64. The summed E-state index contributed by atoms with van der Waals surface area (Å²) in [5, 5.41) is 20.3. The van der Waals surface area contributed by atoms with Crippen LogP contribution in [-0.4, -0.2) is 14.7 Å². The molecule has 4 nitrogen and oxygen atoms in total. The van der Waals surface area contributed by atoms with Gasteiger partial charge in [-0.2, -0.15) is 5.26 Å². The first-order valence-electron chi connectivity index (χ1n) is 7.27. The predicted octanol–water partition coefficient (Wildman–Crippen LogP) is 2.97. The van der Waals surface area contributed by atoms with Crippen molar-refractivity contribution in [1.82, 2.24) is 9.55 Å². The van der Waals surface area contributed by atoms with Crippen LogP contribution >= 0.6 is 0 Å². The quantitative estimate of drug-likeness (QED) is 0.907. The second-order valence-electron chi connectivity index (χ2n) is 6.31. The Balaban J connectivity index is 1.87. The highest BCUT2D eigenvalue weighted by atomic mass is 16.3. The second-order valence-corrected chi connectivity index (χ2v) is 6.31. The number of rotatable bonds is 3. The van der Waals surface area contributed by atoms with E-state index in [1.807, 2.05) is 0 Å². The van der Waals surface area contributed by atoms with Crippen LogP contribution in [0.15, 0.2) is 12.5 Å². The van der Waals surface area contributed by atoms with Crippen molar-refractivity contribution in [2.75, 3.05) is 0 Å². The van der Waals surface area contributed by atoms with Gasteiger partial charge < -0.3 is 9.67 Å². The molecule has 1 aromatic heterocycles. The van der Waals surface area contributed by atoms with Gasteiger partial charge in [-0.05, 0) is 44.4 Å². The monoisotopic (exact) mass is 259 g/mol. The molecular formula is C15H21N3O. The molecule has 102 valence electrons. The van der Waals surface area contributed by atoms with Gasteiger partial charge in [0.05, 0.1) is 29.7 Å². The summed E-state index contributed by atoms with van der Waals surface area (Å²) in [5.74, 6) is 0.669. The van der Waals surface area contributed by atoms with Crippen LogP contribution in [0.3, 0.4) is 0 Å². The minimum atomic E-state index is -0.701. The van der Waals surface area contributed by atoms with Gasteiger partial charge in [0, 0.05) is 6.04 Å². The number of aromatic nitrogens is 2. The van der Waals surface area contributed by atoms with Crippen molar-refractivity contribution in [3.63, 3.8) is 0 Å². The van der Waals surface area contributed by atoms with Crippen LogP contribution in [0.5, 0.6) is 0 Å². The van der Waals surface area contributed by atoms with Crippen molar-refractivity contribution in [1.29, 1.82) is 5.26 Å². The lowest BCUT2D eigenvalue weighted by atomic mass is 9.68. The molecule has 0 spiro atoms. The predicted molar refractivity (Wildman–Crippen MR) is 71.1 cm³/mol. The van der Waals surface area contributed by atoms with E-state index >= 15 is 0 Å². The van der Waals surface area contributed by atoms with E-state index in [1.165, 1.54) is 0 Å². The van der Waals surface area contributed by atoms with Crippen LogP contribution in [0.1, 0.15) is 63.3 Å². The van der Waals surface area contributed by atoms with Crippen molar-refractivity contribution < 1.29 is 5.11 Å². The Labute approximate surface area is 114 Å². The third kappa shape index (κ3) is 2.17. The molecule has 0 aromatic carbocycles. The molecule has 3 rings (SSSR count). The summed E-state index contributed by atoms with van der Waals surface area (Å²) in [7, 11) is 0. The van der Waals surface area contributed by atoms with Crippen molar-refractivity contribution in [3.05, 3.63) is 18.2 Å². The number of aliphatic hydroxyl groups excluding tert-OH is 1. The molecule has 2 aliphatic carbocycles. The fraction of sp³-hybridized carbons (Fsp3) is 0.733. The molecule has 1 heterocycles. The van der Waals surface area contributed by atoms with E-state index in [4.69, 9.17) is 0 Å². The number of hydrogen-bond acceptors (Lipinski definition) is 3. The van der Waals surface area contributed by atoms with Crippen LogP contribution < -0.4 is 0 Å². The zero-order chi connectivity index (χ0) is 13.5. The average molecular weight is 259 g/mol. The van der Waals surface area contributed by atoms with E-state index in [2.05, 4.69) is 22.5 Å². The molecule has 19 heavy (non-hydrogen) atoms. The molecule has 2 aliphatic rings. The summed E-state index contributed by atoms with van der Waals surface area (Å²) in [6.45, 7) is 2.22. The molecular weight excluding hydrogens is 238 g/mol. The third-order valence-corrected chi connectivity index (χ3v) is 4.83. The lowest BCUT2D eigenvalue weighted by Gasteiger charge is -2.37. The Hall–Kier alpha value is -1.34. The van der Waals surface area contributed by atoms with E-state index in [0.717, 1.165) is 44.2 Å². The molecule has 0 radical (unpaired) electrons. The van der Waals surface area contributed by atoms with Gasteiger partial charge in [0.25, 0.3) is 0 Å². The summed E-state index contributed by atoms with van der Waals surface area (Å²) >= 11 is 0. The maximum atomic E-state index is 10.7. The van der Waals surface area contributed by atoms with Crippen LogP contribution in [0.4, 0.5) is 0 Å². The van der Waals surface area contributed by atoms with Crippen LogP contribution in [0.25, 0.3) is 0 Å². The van der Waals surface area contributed by atoms with Gasteiger partial charge in [-0.1, -0.05) is 6.92 Å². The van der Waals surface area contributed by atoms with Gasteiger partial charge in [-0.15, -0.1) is 0 Å². The molecule has 1 aromatic rings. The molecule has 2 fully saturated rings. The normalized spacial score (nSPS) is 32.8. The zero-order valence-electron chi connectivity index (χ0n) is 11.4. The van der Waals surface area contributed by atoms with Gasteiger partial charge in [-0.25, -0.2) is 4.98 Å². The third-order valence-electron chi connectivity index (χ3n) is 4.83. The van der Waals surface area contributed by atoms with Crippen molar-refractivity contribution in [3.8, 4) is 6.07 Å². The van der Waals surface area contributed by atoms with E-state index < -0.39 is 11.5 Å². The Bertz CT molecular complexity index is 490. The smallest absolute Gasteiger partial charge is 0.114 e. The number of nitriles is 1. The number of imidazole rings is 1. The number of nitrogens with zero attached hydrogens (tertiary/aromatic N) is 3. The van der Waals surface area contributed by atoms with Crippen LogP contribution in [0, 0.1) is 22.7 Å². The molecule has 1 N–H and O–H groups in total. The maximum Gasteiger partial charge on any atom is 0.114 e. The standard InChI is InChI=1S/C15H21N3O/c1-11-4-6-15(9-16,7-5-11)14(19)13-8-17-10-18(13)12-2-3-12/h8,10-12,14,19H,2-7H2,1H3. The van der Waals surface area contributed by atoms with E-state index in [9.17, 15) is 10.4 Å². The van der Waals surface area contributed by atoms with Gasteiger partial charge >= 0.3 is 0 Å². The van der Waals surface area contributed by atoms with Crippen molar-refractivity contribution in [2.45, 2.75) is 57.6 Å². The molecule has 0 amide bonds. The summed E-state index contributed by atoms with van der Waals surface area (Å²) in [6, 6.07) is 2.91. The lowest BCUT2D eigenvalue weighted by Crippen LogP contribution is -2.33. The fourth-order valence-electron chi connectivity index (χ4n) is 3.19. The minimum absolute atomic E-state index is 0.491. The Morgan fingerprint density at radius 2 is 2.11 bits per heavy atom. The fourth-order valence-corrected chi connectivity index (χ4v) is 3.19. The van der Waals surface area contributed by atoms with Gasteiger partial charge in [0.1, 0.15) is 6.10 Å². The van der Waals surface area contributed by atoms with Crippen molar-refractivity contribution in [2.24, 2.45) is 11.3 Å². The summed E-state index contributed by atoms with van der Waals surface area (Å²) in [6.07, 6.45) is 8.80. The largest absolute Gasteiger partial charge is 0.385 e. The molecule has 1 unspecified atom stereocenters. The number of aliphatic hydroxyl groups is 1. The SMILES string of the molecule is CC1CCC(C#N)(C(O)c2cncn2C2CC2)CC1. The Kier molecular flexibility index (Phi) is 3.10. The van der Waals surface area contributed by atoms with Gasteiger partial charge in [0.15, 0.2) is 0 Å². The molecule has 1 atom stereocenters. The first-order valence-corrected chi connectivity index (χ1v) is 7.27. The average Bonchev–Trinajstić information content (AvgIpc) is 3.17. The zero-order valence-corrected chi connectivity index (χ0v) is 11.4. The van der Waals surface area contributed by atoms with E-state index in [-0.39, 0.29) is 0 Å². The molecule has 0 bridgehead atoms. The molecule has 0 saturated heterocycles. The van der Waals surface area contributed by atoms with Crippen molar-refractivity contribution >= 4 is 0 Å². The lowest BCUT2D eigenvalue weighted by molar-refractivity contribution is 0.0211. The van der Waals surface area contributed by atoms with Gasteiger partial charge in [-0.3, -0.25) is 0 Å². The van der Waals surface area contributed by atoms with Crippen LogP contribution in [-0.2, 0) is 0 Å². The molecule has 2 saturated carbocycles. The first kappa shape index (κ1) is 12.7. The maximum absolute atomic E-state index is 10.7. The van der Waals surface area contributed by atoms with Gasteiger partial charge in [0.2, 0.25) is 0 Å².